The second kappa shape index (κ2) is 62.8. The molecule has 0 amide bonds. The van der Waals surface area contributed by atoms with Crippen molar-refractivity contribution in [2.45, 2.75) is 373 Å². The van der Waals surface area contributed by atoms with Gasteiger partial charge in [0.2, 0.25) is 0 Å². The van der Waals surface area contributed by atoms with Crippen molar-refractivity contribution >= 4 is 39.5 Å². The summed E-state index contributed by atoms with van der Waals surface area (Å²) in [6.45, 7) is 4.87. The van der Waals surface area contributed by atoms with E-state index in [4.69, 9.17) is 37.0 Å². The number of carbonyl (C=O) groups is 4. The maximum absolute atomic E-state index is 13.0. The van der Waals surface area contributed by atoms with Gasteiger partial charge in [-0.2, -0.15) is 0 Å². The van der Waals surface area contributed by atoms with Gasteiger partial charge in [-0.05, 0) is 25.7 Å². The van der Waals surface area contributed by atoms with Crippen molar-refractivity contribution in [2.75, 3.05) is 39.6 Å². The van der Waals surface area contributed by atoms with Gasteiger partial charge >= 0.3 is 39.5 Å². The third kappa shape index (κ3) is 62.6. The highest BCUT2D eigenvalue weighted by atomic mass is 31.2. The summed E-state index contributed by atoms with van der Waals surface area (Å²) in [5.41, 5.74) is 0. The van der Waals surface area contributed by atoms with E-state index in [1.165, 1.54) is 173 Å². The van der Waals surface area contributed by atoms with Gasteiger partial charge < -0.3 is 33.8 Å². The molecule has 0 aromatic heterocycles. The van der Waals surface area contributed by atoms with Crippen LogP contribution in [0.2, 0.25) is 0 Å². The molecule has 19 heteroatoms. The van der Waals surface area contributed by atoms with Gasteiger partial charge in [-0.15, -0.1) is 0 Å². The largest absolute Gasteiger partial charge is 0.472 e. The number of aliphatic hydroxyl groups is 1. The minimum Gasteiger partial charge on any atom is -0.462 e. The zero-order valence-corrected chi connectivity index (χ0v) is 57.8. The third-order valence-electron chi connectivity index (χ3n) is 15.9. The number of phosphoric ester groups is 2. The maximum atomic E-state index is 13.0. The molecule has 0 bridgehead atoms. The van der Waals surface area contributed by atoms with E-state index in [0.29, 0.717) is 25.7 Å². The Hall–Kier alpha value is -1.94. The summed E-state index contributed by atoms with van der Waals surface area (Å²) in [6, 6.07) is 0. The molecule has 0 aliphatic rings. The van der Waals surface area contributed by atoms with E-state index in [2.05, 4.69) is 27.7 Å². The highest BCUT2D eigenvalue weighted by Gasteiger charge is 2.30. The summed E-state index contributed by atoms with van der Waals surface area (Å²) < 4.78 is 68.0. The standard InChI is InChI=1S/C68H132O17P2/c1-5-9-13-17-21-25-27-29-30-31-32-33-34-35-37-39-43-47-51-55-68(73)85-64(59-79-66(71)53-49-45-42-38-36-28-26-22-18-14-10-6-2)61-83-87(76,77)81-57-62(69)56-80-86(74,75)82-60-63(84-67(72)54-50-46-41-24-20-16-12-8-4)58-78-65(70)52-48-44-40-23-19-15-11-7-3/h62-64,69H,5-61H2,1-4H3,(H,74,75)(H,76,77)/t62-,63+,64+/m0/s1. The van der Waals surface area contributed by atoms with Crippen LogP contribution in [0.5, 0.6) is 0 Å². The lowest BCUT2D eigenvalue weighted by atomic mass is 10.0. The van der Waals surface area contributed by atoms with E-state index in [9.17, 15) is 43.2 Å². The second-order valence-corrected chi connectivity index (χ2v) is 27.5. The van der Waals surface area contributed by atoms with Crippen molar-refractivity contribution in [1.29, 1.82) is 0 Å². The molecule has 516 valence electrons. The molecule has 0 radical (unpaired) electrons. The first-order valence-corrected chi connectivity index (χ1v) is 38.8. The number of ether oxygens (including phenoxy) is 4. The number of rotatable bonds is 69. The highest BCUT2D eigenvalue weighted by Crippen LogP contribution is 2.45. The molecule has 3 N–H and O–H groups in total. The lowest BCUT2D eigenvalue weighted by molar-refractivity contribution is -0.161. The second-order valence-electron chi connectivity index (χ2n) is 24.6. The van der Waals surface area contributed by atoms with Crippen molar-refractivity contribution in [3.05, 3.63) is 0 Å². The van der Waals surface area contributed by atoms with Gasteiger partial charge in [0.25, 0.3) is 0 Å². The van der Waals surface area contributed by atoms with Gasteiger partial charge in [0.1, 0.15) is 19.3 Å². The van der Waals surface area contributed by atoms with Crippen LogP contribution in [0.4, 0.5) is 0 Å². The number of unbranched alkanes of at least 4 members (excludes halogenated alkanes) is 43. The van der Waals surface area contributed by atoms with Gasteiger partial charge in [0.15, 0.2) is 12.2 Å². The predicted molar refractivity (Wildman–Crippen MR) is 349 cm³/mol. The quantitative estimate of drug-likeness (QED) is 0.0222. The zero-order chi connectivity index (χ0) is 64.0. The lowest BCUT2D eigenvalue weighted by Crippen LogP contribution is -2.30. The van der Waals surface area contributed by atoms with Crippen LogP contribution >= 0.6 is 15.6 Å². The molecule has 0 saturated heterocycles. The van der Waals surface area contributed by atoms with Crippen LogP contribution in [0.3, 0.4) is 0 Å². The summed E-state index contributed by atoms with van der Waals surface area (Å²) in [7, 11) is -9.88. The first-order valence-electron chi connectivity index (χ1n) is 35.8. The molecule has 2 unspecified atom stereocenters. The fourth-order valence-corrected chi connectivity index (χ4v) is 11.9. The van der Waals surface area contributed by atoms with E-state index in [1.807, 2.05) is 0 Å². The van der Waals surface area contributed by atoms with Crippen LogP contribution in [-0.4, -0.2) is 96.7 Å². The summed E-state index contributed by atoms with van der Waals surface area (Å²) in [6.07, 6.45) is 50.1. The summed E-state index contributed by atoms with van der Waals surface area (Å²) in [5.74, 6) is -2.13. The van der Waals surface area contributed by atoms with Crippen LogP contribution in [0.25, 0.3) is 0 Å². The molecule has 5 atom stereocenters. The molecule has 0 fully saturated rings. The molecular formula is C68H132O17P2. The van der Waals surface area contributed by atoms with Crippen LogP contribution < -0.4 is 0 Å². The summed E-state index contributed by atoms with van der Waals surface area (Å²) in [5, 5.41) is 10.5. The lowest BCUT2D eigenvalue weighted by Gasteiger charge is -2.21. The maximum Gasteiger partial charge on any atom is 0.472 e. The molecule has 87 heavy (non-hydrogen) atoms. The Balaban J connectivity index is 5.15. The normalized spacial score (nSPS) is 14.1. The predicted octanol–water partition coefficient (Wildman–Crippen LogP) is 19.5. The van der Waals surface area contributed by atoms with E-state index >= 15 is 0 Å². The average Bonchev–Trinajstić information content (AvgIpc) is 3.71. The summed E-state index contributed by atoms with van der Waals surface area (Å²) in [4.78, 5) is 72.2. The molecule has 0 aromatic rings. The van der Waals surface area contributed by atoms with Crippen molar-refractivity contribution < 1.29 is 80.2 Å². The smallest absolute Gasteiger partial charge is 0.462 e. The van der Waals surface area contributed by atoms with E-state index in [0.717, 1.165) is 103 Å². The first-order chi connectivity index (χ1) is 42.2. The van der Waals surface area contributed by atoms with Crippen LogP contribution in [0, 0.1) is 0 Å². The molecular weight excluding hydrogens is 1150 g/mol. The van der Waals surface area contributed by atoms with Crippen LogP contribution in [-0.2, 0) is 65.4 Å². The Bertz CT molecular complexity index is 1670. The third-order valence-corrected chi connectivity index (χ3v) is 17.8. The fourth-order valence-electron chi connectivity index (χ4n) is 10.3. The van der Waals surface area contributed by atoms with Crippen LogP contribution in [0.1, 0.15) is 355 Å². The van der Waals surface area contributed by atoms with Gasteiger partial charge in [0.05, 0.1) is 26.4 Å². The SMILES string of the molecule is CCCCCCCCCCCCCCCCCCCCCC(=O)O[C@H](COC(=O)CCCCCCCCCCCCCC)COP(=O)(O)OC[C@@H](O)COP(=O)(O)OC[C@@H](COC(=O)CCCCCCCCCC)OC(=O)CCCCCCCCCC. The van der Waals surface area contributed by atoms with E-state index < -0.39 is 97.5 Å². The minimum absolute atomic E-state index is 0.105. The highest BCUT2D eigenvalue weighted by molar-refractivity contribution is 7.47. The van der Waals surface area contributed by atoms with Crippen molar-refractivity contribution in [2.24, 2.45) is 0 Å². The Kier molecular flexibility index (Phi) is 61.4. The number of carbonyl (C=O) groups excluding carboxylic acids is 4. The van der Waals surface area contributed by atoms with Gasteiger partial charge in [0, 0.05) is 25.7 Å². The Labute approximate surface area is 530 Å². The molecule has 17 nitrogen and oxygen atoms in total. The minimum atomic E-state index is -4.95. The Morgan fingerprint density at radius 2 is 0.460 bits per heavy atom. The van der Waals surface area contributed by atoms with Crippen molar-refractivity contribution in [3.63, 3.8) is 0 Å². The molecule has 0 rings (SSSR count). The zero-order valence-electron chi connectivity index (χ0n) is 56.0. The van der Waals surface area contributed by atoms with E-state index in [-0.39, 0.29) is 25.7 Å². The monoisotopic (exact) mass is 1280 g/mol. The number of hydrogen-bond acceptors (Lipinski definition) is 15. The molecule has 0 aromatic carbocycles. The molecule has 0 aliphatic heterocycles. The van der Waals surface area contributed by atoms with Crippen molar-refractivity contribution in [1.82, 2.24) is 0 Å². The van der Waals surface area contributed by atoms with E-state index in [1.54, 1.807) is 0 Å². The number of hydrogen-bond donors (Lipinski definition) is 3. The Morgan fingerprint density at radius 1 is 0.276 bits per heavy atom. The van der Waals surface area contributed by atoms with Gasteiger partial charge in [-0.3, -0.25) is 37.3 Å². The number of phosphoric acid groups is 2. The molecule has 0 spiro atoms. The molecule has 0 saturated carbocycles. The number of aliphatic hydroxyl groups excluding tert-OH is 1. The fraction of sp³-hybridized carbons (Fsp3) is 0.941. The Morgan fingerprint density at radius 3 is 0.678 bits per heavy atom. The average molecular weight is 1280 g/mol. The first kappa shape index (κ1) is 85.1. The number of esters is 4. The van der Waals surface area contributed by atoms with Gasteiger partial charge in [-0.1, -0.05) is 304 Å². The topological polar surface area (TPSA) is 237 Å². The van der Waals surface area contributed by atoms with Crippen LogP contribution in [0.15, 0.2) is 0 Å². The summed E-state index contributed by atoms with van der Waals surface area (Å²) >= 11 is 0. The van der Waals surface area contributed by atoms with Crippen molar-refractivity contribution in [3.8, 4) is 0 Å². The molecule has 0 aliphatic carbocycles. The van der Waals surface area contributed by atoms with Gasteiger partial charge in [-0.25, -0.2) is 9.13 Å². The molecule has 0 heterocycles.